The summed E-state index contributed by atoms with van der Waals surface area (Å²) >= 11 is 2.12. The Bertz CT molecular complexity index is 194. The van der Waals surface area contributed by atoms with Crippen LogP contribution in [0.5, 0.6) is 0 Å². The van der Waals surface area contributed by atoms with Crippen molar-refractivity contribution < 1.29 is 0 Å². The second-order valence-corrected chi connectivity index (χ2v) is 7.27. The first kappa shape index (κ1) is 14.3. The zero-order chi connectivity index (χ0) is 12.0. The van der Waals surface area contributed by atoms with Crippen molar-refractivity contribution in [2.45, 2.75) is 51.3 Å². The topological polar surface area (TPSA) is 15.3 Å². The molecule has 0 bridgehead atoms. The van der Waals surface area contributed by atoms with Gasteiger partial charge in [0.2, 0.25) is 0 Å². The van der Waals surface area contributed by atoms with Crippen LogP contribution in [0.15, 0.2) is 0 Å². The standard InChI is InChI=1S/C13H28N2S/c1-5-7-14-8-6-12(2)15-9-10-16-13(3,4)11-15/h12,14H,5-11H2,1-4H3. The fraction of sp³-hybridized carbons (Fsp3) is 1.00. The van der Waals surface area contributed by atoms with Crippen LogP contribution in [0.1, 0.15) is 40.5 Å². The molecular weight excluding hydrogens is 216 g/mol. The Balaban J connectivity index is 2.22. The van der Waals surface area contributed by atoms with Crippen molar-refractivity contribution in [3.05, 3.63) is 0 Å². The molecule has 0 amide bonds. The fourth-order valence-corrected chi connectivity index (χ4v) is 3.36. The van der Waals surface area contributed by atoms with Crippen LogP contribution in [-0.4, -0.2) is 47.6 Å². The maximum absolute atomic E-state index is 3.49. The normalized spacial score (nSPS) is 23.2. The van der Waals surface area contributed by atoms with Crippen molar-refractivity contribution >= 4 is 11.8 Å². The summed E-state index contributed by atoms with van der Waals surface area (Å²) in [5.41, 5.74) is 0. The molecule has 1 aliphatic heterocycles. The van der Waals surface area contributed by atoms with Gasteiger partial charge in [0.15, 0.2) is 0 Å². The number of nitrogens with one attached hydrogen (secondary N) is 1. The average molecular weight is 244 g/mol. The zero-order valence-corrected chi connectivity index (χ0v) is 12.2. The van der Waals surface area contributed by atoms with Gasteiger partial charge in [-0.3, -0.25) is 4.90 Å². The van der Waals surface area contributed by atoms with Crippen molar-refractivity contribution in [1.29, 1.82) is 0 Å². The SMILES string of the molecule is CCCNCCC(C)N1CCSC(C)(C)C1. The first-order valence-electron chi connectivity index (χ1n) is 6.64. The Morgan fingerprint density at radius 3 is 2.75 bits per heavy atom. The van der Waals surface area contributed by atoms with E-state index in [1.165, 1.54) is 38.2 Å². The highest BCUT2D eigenvalue weighted by Crippen LogP contribution is 2.30. The molecule has 3 heteroatoms. The third-order valence-electron chi connectivity index (χ3n) is 3.24. The van der Waals surface area contributed by atoms with Gasteiger partial charge >= 0.3 is 0 Å². The summed E-state index contributed by atoms with van der Waals surface area (Å²) in [6.07, 6.45) is 2.52. The van der Waals surface area contributed by atoms with Gasteiger partial charge in [0, 0.05) is 29.6 Å². The smallest absolute Gasteiger partial charge is 0.0231 e. The summed E-state index contributed by atoms with van der Waals surface area (Å²) in [4.78, 5) is 2.66. The number of hydrogen-bond donors (Lipinski definition) is 1. The quantitative estimate of drug-likeness (QED) is 0.723. The molecule has 0 saturated carbocycles. The third-order valence-corrected chi connectivity index (χ3v) is 4.54. The third kappa shape index (κ3) is 5.07. The molecule has 16 heavy (non-hydrogen) atoms. The summed E-state index contributed by atoms with van der Waals surface area (Å²) in [6.45, 7) is 14.2. The van der Waals surface area contributed by atoms with Crippen LogP contribution in [0, 0.1) is 0 Å². The van der Waals surface area contributed by atoms with Crippen molar-refractivity contribution in [3.63, 3.8) is 0 Å². The number of rotatable bonds is 6. The Labute approximate surface area is 106 Å². The molecule has 0 aromatic heterocycles. The highest BCUT2D eigenvalue weighted by atomic mass is 32.2. The van der Waals surface area contributed by atoms with Gasteiger partial charge in [-0.2, -0.15) is 11.8 Å². The second kappa shape index (κ2) is 6.87. The molecule has 96 valence electrons. The van der Waals surface area contributed by atoms with E-state index >= 15 is 0 Å². The largest absolute Gasteiger partial charge is 0.317 e. The minimum atomic E-state index is 0.448. The highest BCUT2D eigenvalue weighted by Gasteiger charge is 2.29. The van der Waals surface area contributed by atoms with E-state index in [0.717, 1.165) is 12.6 Å². The molecule has 1 atom stereocenters. The summed E-state index contributed by atoms with van der Waals surface area (Å²) in [5.74, 6) is 1.29. The molecule has 1 saturated heterocycles. The monoisotopic (exact) mass is 244 g/mol. The first-order chi connectivity index (χ1) is 7.55. The first-order valence-corrected chi connectivity index (χ1v) is 7.62. The van der Waals surface area contributed by atoms with Crippen molar-refractivity contribution in [2.75, 3.05) is 31.9 Å². The Morgan fingerprint density at radius 2 is 2.12 bits per heavy atom. The minimum absolute atomic E-state index is 0.448. The number of hydrogen-bond acceptors (Lipinski definition) is 3. The Morgan fingerprint density at radius 1 is 1.38 bits per heavy atom. The van der Waals surface area contributed by atoms with Gasteiger partial charge in [-0.1, -0.05) is 6.92 Å². The van der Waals surface area contributed by atoms with Crippen LogP contribution in [0.4, 0.5) is 0 Å². The highest BCUT2D eigenvalue weighted by molar-refractivity contribution is 8.00. The van der Waals surface area contributed by atoms with Crippen LogP contribution >= 0.6 is 11.8 Å². The van der Waals surface area contributed by atoms with Crippen LogP contribution in [0.2, 0.25) is 0 Å². The predicted octanol–water partition coefficient (Wildman–Crippen LogP) is 2.59. The van der Waals surface area contributed by atoms with E-state index in [1.807, 2.05) is 0 Å². The lowest BCUT2D eigenvalue weighted by Gasteiger charge is -2.40. The predicted molar refractivity (Wildman–Crippen MR) is 75.3 cm³/mol. The van der Waals surface area contributed by atoms with E-state index in [-0.39, 0.29) is 0 Å². The summed E-state index contributed by atoms with van der Waals surface area (Å²) in [6, 6.07) is 0.726. The molecule has 1 N–H and O–H groups in total. The average Bonchev–Trinajstić information content (AvgIpc) is 2.22. The maximum Gasteiger partial charge on any atom is 0.0231 e. The maximum atomic E-state index is 3.49. The van der Waals surface area contributed by atoms with Gasteiger partial charge in [-0.05, 0) is 46.7 Å². The second-order valence-electron chi connectivity index (χ2n) is 5.47. The fourth-order valence-electron chi connectivity index (χ4n) is 2.22. The Hall–Kier alpha value is 0.270. The number of nitrogens with zero attached hydrogens (tertiary/aromatic N) is 1. The van der Waals surface area contributed by atoms with Gasteiger partial charge in [0.1, 0.15) is 0 Å². The van der Waals surface area contributed by atoms with E-state index in [9.17, 15) is 0 Å². The molecule has 0 spiro atoms. The van der Waals surface area contributed by atoms with Gasteiger partial charge in [-0.15, -0.1) is 0 Å². The molecule has 1 fully saturated rings. The van der Waals surface area contributed by atoms with Crippen LogP contribution < -0.4 is 5.32 Å². The van der Waals surface area contributed by atoms with Gasteiger partial charge in [0.05, 0.1) is 0 Å². The van der Waals surface area contributed by atoms with Crippen molar-refractivity contribution in [1.82, 2.24) is 10.2 Å². The van der Waals surface area contributed by atoms with Gasteiger partial charge in [-0.25, -0.2) is 0 Å². The molecule has 2 nitrogen and oxygen atoms in total. The molecule has 1 heterocycles. The van der Waals surface area contributed by atoms with Gasteiger partial charge < -0.3 is 5.32 Å². The van der Waals surface area contributed by atoms with Crippen molar-refractivity contribution in [2.24, 2.45) is 0 Å². The van der Waals surface area contributed by atoms with Gasteiger partial charge in [0.25, 0.3) is 0 Å². The zero-order valence-electron chi connectivity index (χ0n) is 11.4. The molecular formula is C13H28N2S. The lowest BCUT2D eigenvalue weighted by atomic mass is 10.1. The lowest BCUT2D eigenvalue weighted by molar-refractivity contribution is 0.190. The molecule has 0 radical (unpaired) electrons. The summed E-state index contributed by atoms with van der Waals surface area (Å²) < 4.78 is 0.448. The van der Waals surface area contributed by atoms with E-state index in [2.05, 4.69) is 49.7 Å². The van der Waals surface area contributed by atoms with E-state index in [1.54, 1.807) is 0 Å². The summed E-state index contributed by atoms with van der Waals surface area (Å²) in [7, 11) is 0. The summed E-state index contributed by atoms with van der Waals surface area (Å²) in [5, 5.41) is 3.49. The van der Waals surface area contributed by atoms with Crippen LogP contribution in [0.3, 0.4) is 0 Å². The van der Waals surface area contributed by atoms with E-state index < -0.39 is 0 Å². The van der Waals surface area contributed by atoms with E-state index in [4.69, 9.17) is 0 Å². The molecule has 1 aliphatic rings. The molecule has 1 unspecified atom stereocenters. The molecule has 0 aromatic rings. The van der Waals surface area contributed by atoms with Crippen LogP contribution in [-0.2, 0) is 0 Å². The van der Waals surface area contributed by atoms with E-state index in [0.29, 0.717) is 4.75 Å². The minimum Gasteiger partial charge on any atom is -0.317 e. The lowest BCUT2D eigenvalue weighted by Crippen LogP contribution is -2.47. The molecule has 1 rings (SSSR count). The van der Waals surface area contributed by atoms with Crippen molar-refractivity contribution in [3.8, 4) is 0 Å². The van der Waals surface area contributed by atoms with Crippen LogP contribution in [0.25, 0.3) is 0 Å². The molecule has 0 aromatic carbocycles. The Kier molecular flexibility index (Phi) is 6.16. The number of thioether (sulfide) groups is 1. The molecule has 0 aliphatic carbocycles.